The molecule has 2 fully saturated rings. The minimum Gasteiger partial charge on any atom is -0.355 e. The molecular weight excluding hydrogens is 350 g/mol. The molecule has 142 valence electrons. The molecule has 2 atom stereocenters. The van der Waals surface area contributed by atoms with Crippen molar-refractivity contribution in [1.82, 2.24) is 16.0 Å². The number of carbonyl (C=O) groups is 3. The topological polar surface area (TPSA) is 87.3 Å². The number of amides is 3. The van der Waals surface area contributed by atoms with Crippen molar-refractivity contribution >= 4 is 29.1 Å². The zero-order valence-corrected chi connectivity index (χ0v) is 16.0. The van der Waals surface area contributed by atoms with Crippen LogP contribution in [0.1, 0.15) is 50.3 Å². The summed E-state index contributed by atoms with van der Waals surface area (Å²) in [5, 5.41) is 10.8. The van der Waals surface area contributed by atoms with Gasteiger partial charge in [0.1, 0.15) is 5.54 Å². The standard InChI is InChI=1S/C19H27N3O3S/c1-13-10-16(23)20-12-15(13)17(24)22-19(7-3-2-4-8-19)18(25)21-11-14-6-5-9-26-14/h5-6,9,13,15H,2-4,7-8,10-12H2,1H3,(H,20,23)(H,21,25)(H,22,24). The summed E-state index contributed by atoms with van der Waals surface area (Å²) in [5.74, 6) is -0.519. The van der Waals surface area contributed by atoms with Gasteiger partial charge in [0.2, 0.25) is 17.7 Å². The summed E-state index contributed by atoms with van der Waals surface area (Å²) in [5.41, 5.74) is -0.826. The first kappa shape index (κ1) is 18.9. The van der Waals surface area contributed by atoms with Gasteiger partial charge >= 0.3 is 0 Å². The maximum absolute atomic E-state index is 13.0. The highest BCUT2D eigenvalue weighted by Crippen LogP contribution is 2.30. The van der Waals surface area contributed by atoms with Crippen LogP contribution in [0.5, 0.6) is 0 Å². The van der Waals surface area contributed by atoms with Gasteiger partial charge in [0.25, 0.3) is 0 Å². The van der Waals surface area contributed by atoms with E-state index in [4.69, 9.17) is 0 Å². The lowest BCUT2D eigenvalue weighted by atomic mass is 9.79. The third kappa shape index (κ3) is 4.26. The molecular formula is C19H27N3O3S. The van der Waals surface area contributed by atoms with Crippen molar-refractivity contribution < 1.29 is 14.4 Å². The Morgan fingerprint density at radius 2 is 2.08 bits per heavy atom. The molecule has 1 saturated heterocycles. The molecule has 26 heavy (non-hydrogen) atoms. The van der Waals surface area contributed by atoms with Crippen LogP contribution >= 0.6 is 11.3 Å². The van der Waals surface area contributed by atoms with Crippen molar-refractivity contribution in [3.63, 3.8) is 0 Å². The monoisotopic (exact) mass is 377 g/mol. The van der Waals surface area contributed by atoms with Crippen LogP contribution in [0, 0.1) is 11.8 Å². The smallest absolute Gasteiger partial charge is 0.246 e. The van der Waals surface area contributed by atoms with Gasteiger partial charge in [0.15, 0.2) is 0 Å². The molecule has 2 heterocycles. The highest BCUT2D eigenvalue weighted by Gasteiger charge is 2.43. The zero-order chi connectivity index (χ0) is 18.6. The molecule has 0 aromatic carbocycles. The highest BCUT2D eigenvalue weighted by molar-refractivity contribution is 7.09. The number of carbonyl (C=O) groups excluding carboxylic acids is 3. The van der Waals surface area contributed by atoms with Gasteiger partial charge in [0, 0.05) is 17.8 Å². The molecule has 1 saturated carbocycles. The average Bonchev–Trinajstić information content (AvgIpc) is 3.13. The molecule has 2 aliphatic rings. The second-order valence-corrected chi connectivity index (χ2v) is 8.52. The Morgan fingerprint density at radius 1 is 1.31 bits per heavy atom. The molecule has 7 heteroatoms. The number of piperidine rings is 1. The van der Waals surface area contributed by atoms with Gasteiger partial charge in [0.05, 0.1) is 12.5 Å². The Balaban J connectivity index is 1.67. The summed E-state index contributed by atoms with van der Waals surface area (Å²) in [6.45, 7) is 2.76. The minimum atomic E-state index is -0.826. The van der Waals surface area contributed by atoms with Gasteiger partial charge in [-0.2, -0.15) is 0 Å². The van der Waals surface area contributed by atoms with Crippen LogP contribution < -0.4 is 16.0 Å². The van der Waals surface area contributed by atoms with Crippen molar-refractivity contribution in [3.8, 4) is 0 Å². The van der Waals surface area contributed by atoms with E-state index in [1.165, 1.54) is 0 Å². The summed E-state index contributed by atoms with van der Waals surface area (Å²) in [6.07, 6.45) is 4.65. The van der Waals surface area contributed by atoms with Gasteiger partial charge in [-0.3, -0.25) is 14.4 Å². The number of thiophene rings is 1. The predicted molar refractivity (Wildman–Crippen MR) is 100 cm³/mol. The third-order valence-corrected chi connectivity index (χ3v) is 6.43. The number of hydrogen-bond donors (Lipinski definition) is 3. The molecule has 6 nitrogen and oxygen atoms in total. The van der Waals surface area contributed by atoms with E-state index < -0.39 is 5.54 Å². The molecule has 2 unspecified atom stereocenters. The van der Waals surface area contributed by atoms with Crippen LogP contribution in [0.2, 0.25) is 0 Å². The fraction of sp³-hybridized carbons (Fsp3) is 0.632. The van der Waals surface area contributed by atoms with Gasteiger partial charge < -0.3 is 16.0 Å². The number of rotatable bonds is 5. The van der Waals surface area contributed by atoms with E-state index in [9.17, 15) is 14.4 Å². The van der Waals surface area contributed by atoms with E-state index in [1.54, 1.807) is 11.3 Å². The summed E-state index contributed by atoms with van der Waals surface area (Å²) < 4.78 is 0. The minimum absolute atomic E-state index is 0.0115. The van der Waals surface area contributed by atoms with Crippen LogP contribution in [-0.4, -0.2) is 29.8 Å². The number of nitrogens with one attached hydrogen (secondary N) is 3. The Bertz CT molecular complexity index is 653. The summed E-state index contributed by atoms with van der Waals surface area (Å²) >= 11 is 1.61. The van der Waals surface area contributed by atoms with Crippen LogP contribution in [-0.2, 0) is 20.9 Å². The van der Waals surface area contributed by atoms with Gasteiger partial charge in [-0.05, 0) is 30.2 Å². The first-order chi connectivity index (χ1) is 12.5. The second-order valence-electron chi connectivity index (χ2n) is 7.49. The molecule has 3 rings (SSSR count). The van der Waals surface area contributed by atoms with Crippen molar-refractivity contribution in [2.45, 2.75) is 57.5 Å². The Labute approximate surface area is 158 Å². The van der Waals surface area contributed by atoms with Gasteiger partial charge in [-0.1, -0.05) is 32.3 Å². The highest BCUT2D eigenvalue weighted by atomic mass is 32.1. The zero-order valence-electron chi connectivity index (χ0n) is 15.2. The van der Waals surface area contributed by atoms with Crippen molar-refractivity contribution in [2.24, 2.45) is 11.8 Å². The molecule has 0 spiro atoms. The molecule has 0 bridgehead atoms. The second kappa shape index (κ2) is 8.20. The molecule has 1 aromatic heterocycles. The predicted octanol–water partition coefficient (Wildman–Crippen LogP) is 1.96. The SMILES string of the molecule is CC1CC(=O)NCC1C(=O)NC1(C(=O)NCc2cccs2)CCCCC1. The fourth-order valence-corrected chi connectivity index (χ4v) is 4.57. The van der Waals surface area contributed by atoms with Crippen molar-refractivity contribution in [3.05, 3.63) is 22.4 Å². The number of hydrogen-bond acceptors (Lipinski definition) is 4. The van der Waals surface area contributed by atoms with Crippen LogP contribution in [0.15, 0.2) is 17.5 Å². The molecule has 1 aliphatic heterocycles. The molecule has 1 aromatic rings. The van der Waals surface area contributed by atoms with Gasteiger partial charge in [-0.15, -0.1) is 11.3 Å². The van der Waals surface area contributed by atoms with E-state index >= 15 is 0 Å². The van der Waals surface area contributed by atoms with Crippen molar-refractivity contribution in [1.29, 1.82) is 0 Å². The fourth-order valence-electron chi connectivity index (χ4n) is 3.93. The Morgan fingerprint density at radius 3 is 2.73 bits per heavy atom. The lowest BCUT2D eigenvalue weighted by Crippen LogP contribution is -2.62. The summed E-state index contributed by atoms with van der Waals surface area (Å²) in [7, 11) is 0. The quantitative estimate of drug-likeness (QED) is 0.733. The van der Waals surface area contributed by atoms with E-state index in [0.29, 0.717) is 32.4 Å². The third-order valence-electron chi connectivity index (χ3n) is 5.56. The van der Waals surface area contributed by atoms with Gasteiger partial charge in [-0.25, -0.2) is 0 Å². The van der Waals surface area contributed by atoms with Crippen LogP contribution in [0.25, 0.3) is 0 Å². The molecule has 3 amide bonds. The average molecular weight is 378 g/mol. The maximum atomic E-state index is 13.0. The molecule has 3 N–H and O–H groups in total. The van der Waals surface area contributed by atoms with E-state index in [2.05, 4.69) is 16.0 Å². The van der Waals surface area contributed by atoms with E-state index in [-0.39, 0.29) is 29.6 Å². The van der Waals surface area contributed by atoms with Crippen LogP contribution in [0.3, 0.4) is 0 Å². The molecule has 0 radical (unpaired) electrons. The summed E-state index contributed by atoms with van der Waals surface area (Å²) in [6, 6.07) is 3.95. The summed E-state index contributed by atoms with van der Waals surface area (Å²) in [4.78, 5) is 38.5. The van der Waals surface area contributed by atoms with Crippen LogP contribution in [0.4, 0.5) is 0 Å². The first-order valence-electron chi connectivity index (χ1n) is 9.39. The van der Waals surface area contributed by atoms with E-state index in [0.717, 1.165) is 24.1 Å². The lowest BCUT2D eigenvalue weighted by Gasteiger charge is -2.39. The normalized spacial score (nSPS) is 25.2. The Kier molecular flexibility index (Phi) is 5.96. The lowest BCUT2D eigenvalue weighted by molar-refractivity contribution is -0.139. The maximum Gasteiger partial charge on any atom is 0.246 e. The molecule has 1 aliphatic carbocycles. The van der Waals surface area contributed by atoms with E-state index in [1.807, 2.05) is 24.4 Å². The van der Waals surface area contributed by atoms with Crippen molar-refractivity contribution in [2.75, 3.05) is 6.54 Å². The largest absolute Gasteiger partial charge is 0.355 e. The first-order valence-corrected chi connectivity index (χ1v) is 10.3. The Hall–Kier alpha value is -1.89.